The molecule has 0 aliphatic heterocycles. The quantitative estimate of drug-likeness (QED) is 0.783. The third kappa shape index (κ3) is 3.87. The number of benzene rings is 1. The SMILES string of the molecule is Cl.Nc1nccc(NCC(O)c2ccccc2)n1. The standard InChI is InChI=1S/C12H14N4O.ClH/c13-12-14-7-6-11(16-12)15-8-10(17)9-4-2-1-3-5-9;/h1-7,10,17H,8H2,(H3,13,14,15,16);1H. The molecule has 5 nitrogen and oxygen atoms in total. The molecule has 0 fully saturated rings. The number of nitrogens with two attached hydrogens (primary N) is 1. The molecule has 1 atom stereocenters. The van der Waals surface area contributed by atoms with E-state index in [-0.39, 0.29) is 18.4 Å². The molecular formula is C12H15ClN4O. The van der Waals surface area contributed by atoms with Crippen LogP contribution in [0.3, 0.4) is 0 Å². The zero-order chi connectivity index (χ0) is 12.1. The van der Waals surface area contributed by atoms with Crippen molar-refractivity contribution < 1.29 is 5.11 Å². The second-order valence-electron chi connectivity index (χ2n) is 3.61. The molecule has 18 heavy (non-hydrogen) atoms. The number of hydrogen-bond donors (Lipinski definition) is 3. The van der Waals surface area contributed by atoms with Gasteiger partial charge in [0.1, 0.15) is 5.82 Å². The van der Waals surface area contributed by atoms with Gasteiger partial charge in [0.2, 0.25) is 5.95 Å². The number of anilines is 2. The molecule has 0 saturated carbocycles. The summed E-state index contributed by atoms with van der Waals surface area (Å²) in [6, 6.07) is 11.1. The lowest BCUT2D eigenvalue weighted by Gasteiger charge is -2.12. The van der Waals surface area contributed by atoms with Gasteiger partial charge in [-0.3, -0.25) is 0 Å². The fourth-order valence-electron chi connectivity index (χ4n) is 1.47. The summed E-state index contributed by atoms with van der Waals surface area (Å²) in [4.78, 5) is 7.77. The maximum atomic E-state index is 9.91. The first kappa shape index (κ1) is 14.2. The Hall–Kier alpha value is -1.85. The molecule has 1 aromatic carbocycles. The monoisotopic (exact) mass is 266 g/mol. The van der Waals surface area contributed by atoms with Gasteiger partial charge in [0, 0.05) is 12.7 Å². The number of nitrogens with zero attached hydrogens (tertiary/aromatic N) is 2. The zero-order valence-electron chi connectivity index (χ0n) is 9.65. The Labute approximate surface area is 111 Å². The average Bonchev–Trinajstić information content (AvgIpc) is 2.37. The second kappa shape index (κ2) is 6.78. The molecule has 2 aromatic rings. The largest absolute Gasteiger partial charge is 0.387 e. The van der Waals surface area contributed by atoms with Crippen LogP contribution in [-0.4, -0.2) is 21.6 Å². The third-order valence-corrected chi connectivity index (χ3v) is 2.34. The number of aliphatic hydroxyl groups is 1. The highest BCUT2D eigenvalue weighted by molar-refractivity contribution is 5.85. The number of hydrogen-bond acceptors (Lipinski definition) is 5. The minimum absolute atomic E-state index is 0. The van der Waals surface area contributed by atoms with Gasteiger partial charge in [-0.25, -0.2) is 4.98 Å². The summed E-state index contributed by atoms with van der Waals surface area (Å²) in [6.45, 7) is 0.375. The Balaban J connectivity index is 0.00000162. The predicted octanol–water partition coefficient (Wildman–Crippen LogP) is 1.63. The van der Waals surface area contributed by atoms with E-state index in [0.717, 1.165) is 5.56 Å². The van der Waals surface area contributed by atoms with Crippen LogP contribution in [0.4, 0.5) is 11.8 Å². The number of nitrogen functional groups attached to an aromatic ring is 1. The molecule has 1 unspecified atom stereocenters. The minimum Gasteiger partial charge on any atom is -0.387 e. The molecule has 0 radical (unpaired) electrons. The zero-order valence-corrected chi connectivity index (χ0v) is 10.5. The van der Waals surface area contributed by atoms with Crippen molar-refractivity contribution in [2.45, 2.75) is 6.10 Å². The predicted molar refractivity (Wildman–Crippen MR) is 73.6 cm³/mol. The van der Waals surface area contributed by atoms with Crippen LogP contribution in [0, 0.1) is 0 Å². The van der Waals surface area contributed by atoms with Gasteiger partial charge in [-0.1, -0.05) is 30.3 Å². The van der Waals surface area contributed by atoms with Gasteiger partial charge >= 0.3 is 0 Å². The Morgan fingerprint density at radius 2 is 1.94 bits per heavy atom. The fraction of sp³-hybridized carbons (Fsp3) is 0.167. The Morgan fingerprint density at radius 3 is 2.61 bits per heavy atom. The molecule has 0 amide bonds. The summed E-state index contributed by atoms with van der Waals surface area (Å²) < 4.78 is 0. The highest BCUT2D eigenvalue weighted by Gasteiger charge is 2.06. The molecule has 0 saturated heterocycles. The first-order chi connectivity index (χ1) is 8.25. The van der Waals surface area contributed by atoms with Gasteiger partial charge < -0.3 is 16.2 Å². The Kier molecular flexibility index (Phi) is 5.35. The summed E-state index contributed by atoms with van der Waals surface area (Å²) in [5.41, 5.74) is 6.31. The molecular weight excluding hydrogens is 252 g/mol. The average molecular weight is 267 g/mol. The summed E-state index contributed by atoms with van der Waals surface area (Å²) >= 11 is 0. The number of rotatable bonds is 4. The molecule has 2 rings (SSSR count). The van der Waals surface area contributed by atoms with Crippen LogP contribution in [0.5, 0.6) is 0 Å². The van der Waals surface area contributed by atoms with E-state index in [1.807, 2.05) is 30.3 Å². The van der Waals surface area contributed by atoms with Crippen LogP contribution in [0.15, 0.2) is 42.6 Å². The van der Waals surface area contributed by atoms with Crippen molar-refractivity contribution in [3.05, 3.63) is 48.2 Å². The van der Waals surface area contributed by atoms with Crippen molar-refractivity contribution >= 4 is 24.2 Å². The van der Waals surface area contributed by atoms with Crippen LogP contribution in [0.2, 0.25) is 0 Å². The van der Waals surface area contributed by atoms with Crippen molar-refractivity contribution in [3.63, 3.8) is 0 Å². The van der Waals surface area contributed by atoms with E-state index < -0.39 is 6.10 Å². The summed E-state index contributed by atoms with van der Waals surface area (Å²) in [6.07, 6.45) is 0.993. The number of nitrogens with one attached hydrogen (secondary N) is 1. The lowest BCUT2D eigenvalue weighted by Crippen LogP contribution is -2.13. The Bertz CT molecular complexity index is 481. The first-order valence-electron chi connectivity index (χ1n) is 5.31. The minimum atomic E-state index is -0.576. The fourth-order valence-corrected chi connectivity index (χ4v) is 1.47. The number of halogens is 1. The maximum absolute atomic E-state index is 9.91. The van der Waals surface area contributed by atoms with E-state index in [2.05, 4.69) is 15.3 Å². The van der Waals surface area contributed by atoms with Gasteiger partial charge in [0.05, 0.1) is 6.10 Å². The molecule has 0 bridgehead atoms. The normalized spacial score (nSPS) is 11.4. The van der Waals surface area contributed by atoms with Crippen molar-refractivity contribution in [1.29, 1.82) is 0 Å². The molecule has 0 aliphatic rings. The van der Waals surface area contributed by atoms with E-state index in [1.165, 1.54) is 0 Å². The number of aromatic nitrogens is 2. The second-order valence-corrected chi connectivity index (χ2v) is 3.61. The summed E-state index contributed by atoms with van der Waals surface area (Å²) in [5, 5.41) is 12.9. The molecule has 1 heterocycles. The van der Waals surface area contributed by atoms with Crippen LogP contribution in [-0.2, 0) is 0 Å². The van der Waals surface area contributed by atoms with Crippen LogP contribution >= 0.6 is 12.4 Å². The molecule has 1 aromatic heterocycles. The van der Waals surface area contributed by atoms with Gasteiger partial charge in [0.25, 0.3) is 0 Å². The molecule has 96 valence electrons. The third-order valence-electron chi connectivity index (χ3n) is 2.34. The highest BCUT2D eigenvalue weighted by Crippen LogP contribution is 2.13. The van der Waals surface area contributed by atoms with Crippen LogP contribution < -0.4 is 11.1 Å². The van der Waals surface area contributed by atoms with Crippen LogP contribution in [0.25, 0.3) is 0 Å². The van der Waals surface area contributed by atoms with E-state index in [4.69, 9.17) is 5.73 Å². The van der Waals surface area contributed by atoms with E-state index in [9.17, 15) is 5.11 Å². The van der Waals surface area contributed by atoms with Crippen molar-refractivity contribution in [2.24, 2.45) is 0 Å². The molecule has 0 spiro atoms. The van der Waals surface area contributed by atoms with Crippen molar-refractivity contribution in [1.82, 2.24) is 9.97 Å². The summed E-state index contributed by atoms with van der Waals surface area (Å²) in [7, 11) is 0. The van der Waals surface area contributed by atoms with Crippen molar-refractivity contribution in [3.8, 4) is 0 Å². The maximum Gasteiger partial charge on any atom is 0.221 e. The first-order valence-corrected chi connectivity index (χ1v) is 5.31. The lowest BCUT2D eigenvalue weighted by molar-refractivity contribution is 0.191. The van der Waals surface area contributed by atoms with E-state index >= 15 is 0 Å². The van der Waals surface area contributed by atoms with E-state index in [0.29, 0.717) is 12.4 Å². The highest BCUT2D eigenvalue weighted by atomic mass is 35.5. The van der Waals surface area contributed by atoms with Gasteiger partial charge in [0.15, 0.2) is 0 Å². The summed E-state index contributed by atoms with van der Waals surface area (Å²) in [5.74, 6) is 0.816. The molecule has 6 heteroatoms. The van der Waals surface area contributed by atoms with Crippen LogP contribution in [0.1, 0.15) is 11.7 Å². The molecule has 4 N–H and O–H groups in total. The van der Waals surface area contributed by atoms with Gasteiger partial charge in [-0.15, -0.1) is 12.4 Å². The van der Waals surface area contributed by atoms with Gasteiger partial charge in [-0.2, -0.15) is 4.98 Å². The van der Waals surface area contributed by atoms with Crippen molar-refractivity contribution in [2.75, 3.05) is 17.6 Å². The van der Waals surface area contributed by atoms with Gasteiger partial charge in [-0.05, 0) is 11.6 Å². The smallest absolute Gasteiger partial charge is 0.221 e. The lowest BCUT2D eigenvalue weighted by atomic mass is 10.1. The van der Waals surface area contributed by atoms with E-state index in [1.54, 1.807) is 12.3 Å². The molecule has 0 aliphatic carbocycles. The number of aliphatic hydroxyl groups excluding tert-OH is 1. The Morgan fingerprint density at radius 1 is 1.22 bits per heavy atom. The topological polar surface area (TPSA) is 84.1 Å².